The first-order chi connectivity index (χ1) is 6.33. The molecule has 0 heterocycles. The number of halogens is 1. The maximum absolute atomic E-state index is 11.0. The number of carbonyl (C=O) groups excluding carboxylic acids is 1. The molecule has 4 heteroatoms. The molecule has 0 atom stereocenters. The van der Waals surface area contributed by atoms with E-state index in [4.69, 9.17) is 9.47 Å². The van der Waals surface area contributed by atoms with Gasteiger partial charge in [-0.1, -0.05) is 22.4 Å². The third-order valence-corrected chi connectivity index (χ3v) is 2.44. The maximum atomic E-state index is 11.0. The van der Waals surface area contributed by atoms with Crippen LogP contribution in [-0.2, 0) is 9.47 Å². The standard InChI is InChI=1S/C9H15BrO3/c10-6-7-12-9(11)13-8-4-2-1-3-5-8/h8H,1-7H2. The molecule has 0 aromatic heterocycles. The number of hydrogen-bond donors (Lipinski definition) is 0. The van der Waals surface area contributed by atoms with Gasteiger partial charge in [0.15, 0.2) is 0 Å². The fourth-order valence-corrected chi connectivity index (χ4v) is 1.64. The Bertz CT molecular complexity index is 155. The molecule has 0 aromatic rings. The monoisotopic (exact) mass is 250 g/mol. The number of carbonyl (C=O) groups is 1. The summed E-state index contributed by atoms with van der Waals surface area (Å²) >= 11 is 3.17. The first-order valence-electron chi connectivity index (χ1n) is 4.72. The molecule has 0 N–H and O–H groups in total. The molecule has 1 aliphatic carbocycles. The molecule has 76 valence electrons. The van der Waals surface area contributed by atoms with E-state index in [0.29, 0.717) is 11.9 Å². The molecule has 0 radical (unpaired) electrons. The molecule has 3 nitrogen and oxygen atoms in total. The lowest BCUT2D eigenvalue weighted by Crippen LogP contribution is -2.21. The molecular formula is C9H15BrO3. The van der Waals surface area contributed by atoms with Gasteiger partial charge in [-0.05, 0) is 25.7 Å². The van der Waals surface area contributed by atoms with Crippen molar-refractivity contribution >= 4 is 22.1 Å². The topological polar surface area (TPSA) is 35.5 Å². The Morgan fingerprint density at radius 3 is 2.62 bits per heavy atom. The van der Waals surface area contributed by atoms with Crippen molar-refractivity contribution in [1.29, 1.82) is 0 Å². The molecule has 13 heavy (non-hydrogen) atoms. The lowest BCUT2D eigenvalue weighted by molar-refractivity contribution is 0.0144. The highest BCUT2D eigenvalue weighted by Crippen LogP contribution is 2.20. The lowest BCUT2D eigenvalue weighted by atomic mass is 9.98. The van der Waals surface area contributed by atoms with Crippen molar-refractivity contribution in [2.75, 3.05) is 11.9 Å². The molecule has 1 saturated carbocycles. The zero-order valence-electron chi connectivity index (χ0n) is 7.63. The summed E-state index contributed by atoms with van der Waals surface area (Å²) in [5.41, 5.74) is 0. The van der Waals surface area contributed by atoms with E-state index in [1.54, 1.807) is 0 Å². The Labute approximate surface area is 86.9 Å². The number of rotatable bonds is 3. The van der Waals surface area contributed by atoms with Crippen LogP contribution in [0.2, 0.25) is 0 Å². The van der Waals surface area contributed by atoms with Crippen LogP contribution in [0.3, 0.4) is 0 Å². The van der Waals surface area contributed by atoms with E-state index in [1.807, 2.05) is 0 Å². The highest BCUT2D eigenvalue weighted by Gasteiger charge is 2.17. The smallest absolute Gasteiger partial charge is 0.433 e. The van der Waals surface area contributed by atoms with Crippen LogP contribution >= 0.6 is 15.9 Å². The second-order valence-electron chi connectivity index (χ2n) is 3.17. The van der Waals surface area contributed by atoms with Crippen LogP contribution in [-0.4, -0.2) is 24.2 Å². The number of hydrogen-bond acceptors (Lipinski definition) is 3. The summed E-state index contributed by atoms with van der Waals surface area (Å²) in [5, 5.41) is 0.659. The van der Waals surface area contributed by atoms with Gasteiger partial charge in [-0.25, -0.2) is 4.79 Å². The number of alkyl halides is 1. The third-order valence-electron chi connectivity index (χ3n) is 2.11. The van der Waals surface area contributed by atoms with Gasteiger partial charge in [0.2, 0.25) is 0 Å². The quantitative estimate of drug-likeness (QED) is 0.571. The van der Waals surface area contributed by atoms with Crippen LogP contribution in [0.15, 0.2) is 0 Å². The summed E-state index contributed by atoms with van der Waals surface area (Å²) < 4.78 is 9.90. The molecule has 0 aliphatic heterocycles. The zero-order chi connectivity index (χ0) is 9.52. The van der Waals surface area contributed by atoms with E-state index >= 15 is 0 Å². The molecular weight excluding hydrogens is 236 g/mol. The van der Waals surface area contributed by atoms with Gasteiger partial charge in [-0.2, -0.15) is 0 Å². The van der Waals surface area contributed by atoms with Crippen molar-refractivity contribution in [3.8, 4) is 0 Å². The van der Waals surface area contributed by atoms with Crippen molar-refractivity contribution in [2.24, 2.45) is 0 Å². The summed E-state index contributed by atoms with van der Waals surface area (Å²) in [4.78, 5) is 11.0. The summed E-state index contributed by atoms with van der Waals surface area (Å²) in [6.07, 6.45) is 5.14. The van der Waals surface area contributed by atoms with Crippen molar-refractivity contribution in [1.82, 2.24) is 0 Å². The Hall–Kier alpha value is -0.250. The molecule has 0 amide bonds. The Kier molecular flexibility index (Phi) is 5.20. The Morgan fingerprint density at radius 2 is 2.00 bits per heavy atom. The third kappa shape index (κ3) is 4.50. The van der Waals surface area contributed by atoms with Crippen LogP contribution in [0.4, 0.5) is 4.79 Å². The summed E-state index contributed by atoms with van der Waals surface area (Å²) in [7, 11) is 0. The van der Waals surface area contributed by atoms with Gasteiger partial charge in [0.05, 0.1) is 0 Å². The summed E-state index contributed by atoms with van der Waals surface area (Å²) in [6.45, 7) is 0.381. The SMILES string of the molecule is O=C(OCCBr)OC1CCCCC1. The molecule has 0 unspecified atom stereocenters. The predicted molar refractivity (Wildman–Crippen MR) is 53.1 cm³/mol. The van der Waals surface area contributed by atoms with Gasteiger partial charge in [0.1, 0.15) is 12.7 Å². The van der Waals surface area contributed by atoms with Gasteiger partial charge in [-0.3, -0.25) is 0 Å². The minimum Gasteiger partial charge on any atom is -0.433 e. The van der Waals surface area contributed by atoms with E-state index in [-0.39, 0.29) is 6.10 Å². The summed E-state index contributed by atoms with van der Waals surface area (Å²) in [6, 6.07) is 0. The largest absolute Gasteiger partial charge is 0.508 e. The van der Waals surface area contributed by atoms with Gasteiger partial charge in [-0.15, -0.1) is 0 Å². The first-order valence-corrected chi connectivity index (χ1v) is 5.84. The van der Waals surface area contributed by atoms with Crippen LogP contribution < -0.4 is 0 Å². The average Bonchev–Trinajstić information content (AvgIpc) is 2.16. The molecule has 1 fully saturated rings. The molecule has 1 rings (SSSR count). The molecule has 1 aliphatic rings. The summed E-state index contributed by atoms with van der Waals surface area (Å²) in [5.74, 6) is 0. The van der Waals surface area contributed by atoms with E-state index in [1.165, 1.54) is 6.42 Å². The van der Waals surface area contributed by atoms with Gasteiger partial charge in [0, 0.05) is 5.33 Å². The van der Waals surface area contributed by atoms with Crippen LogP contribution in [0.25, 0.3) is 0 Å². The van der Waals surface area contributed by atoms with Gasteiger partial charge in [0.25, 0.3) is 0 Å². The van der Waals surface area contributed by atoms with E-state index in [0.717, 1.165) is 25.7 Å². The maximum Gasteiger partial charge on any atom is 0.508 e. The van der Waals surface area contributed by atoms with Gasteiger partial charge >= 0.3 is 6.16 Å². The Balaban J connectivity index is 2.11. The average molecular weight is 251 g/mol. The predicted octanol–water partition coefficient (Wildman–Crippen LogP) is 2.87. The van der Waals surface area contributed by atoms with Crippen LogP contribution in [0.5, 0.6) is 0 Å². The fraction of sp³-hybridized carbons (Fsp3) is 0.889. The zero-order valence-corrected chi connectivity index (χ0v) is 9.22. The second-order valence-corrected chi connectivity index (χ2v) is 3.96. The minimum absolute atomic E-state index is 0.0941. The second kappa shape index (κ2) is 6.24. The highest BCUT2D eigenvalue weighted by atomic mass is 79.9. The van der Waals surface area contributed by atoms with E-state index in [9.17, 15) is 4.79 Å². The van der Waals surface area contributed by atoms with E-state index in [2.05, 4.69) is 15.9 Å². The van der Waals surface area contributed by atoms with Crippen molar-refractivity contribution in [3.05, 3.63) is 0 Å². The van der Waals surface area contributed by atoms with Crippen LogP contribution in [0, 0.1) is 0 Å². The molecule has 0 spiro atoms. The van der Waals surface area contributed by atoms with Crippen molar-refractivity contribution < 1.29 is 14.3 Å². The van der Waals surface area contributed by atoms with Crippen molar-refractivity contribution in [2.45, 2.75) is 38.2 Å². The van der Waals surface area contributed by atoms with Crippen LogP contribution in [0.1, 0.15) is 32.1 Å². The van der Waals surface area contributed by atoms with E-state index < -0.39 is 6.16 Å². The lowest BCUT2D eigenvalue weighted by Gasteiger charge is -2.21. The molecule has 0 bridgehead atoms. The van der Waals surface area contributed by atoms with Crippen molar-refractivity contribution in [3.63, 3.8) is 0 Å². The fourth-order valence-electron chi connectivity index (χ4n) is 1.47. The number of ether oxygens (including phenoxy) is 2. The first kappa shape index (κ1) is 10.8. The molecule has 0 aromatic carbocycles. The molecule has 0 saturated heterocycles. The highest BCUT2D eigenvalue weighted by molar-refractivity contribution is 9.09. The Morgan fingerprint density at radius 1 is 1.31 bits per heavy atom. The minimum atomic E-state index is -0.522. The van der Waals surface area contributed by atoms with Gasteiger partial charge < -0.3 is 9.47 Å². The normalized spacial score (nSPS) is 18.2.